The minimum atomic E-state index is 0.152. The molecule has 0 bridgehead atoms. The van der Waals surface area contributed by atoms with Crippen LogP contribution in [0.2, 0.25) is 0 Å². The van der Waals surface area contributed by atoms with Crippen molar-refractivity contribution in [2.45, 2.75) is 25.7 Å². The molecule has 0 atom stereocenters. The summed E-state index contributed by atoms with van der Waals surface area (Å²) in [4.78, 5) is 19.2. The van der Waals surface area contributed by atoms with Crippen LogP contribution in [0.1, 0.15) is 25.7 Å². The molecular formula is C15H17N3O. The minimum Gasteiger partial charge on any atom is -0.345 e. The maximum absolute atomic E-state index is 12.1. The first kappa shape index (κ1) is 12.0. The third kappa shape index (κ3) is 2.67. The van der Waals surface area contributed by atoms with Gasteiger partial charge in [-0.05, 0) is 25.0 Å². The molecule has 3 rings (SSSR count). The van der Waals surface area contributed by atoms with E-state index in [2.05, 4.69) is 15.3 Å². The van der Waals surface area contributed by atoms with Gasteiger partial charge in [0.2, 0.25) is 5.91 Å². The molecule has 0 spiro atoms. The summed E-state index contributed by atoms with van der Waals surface area (Å²) < 4.78 is 0. The van der Waals surface area contributed by atoms with E-state index >= 15 is 0 Å². The van der Waals surface area contributed by atoms with Crippen LogP contribution in [0.3, 0.4) is 0 Å². The number of aromatic amines is 1. The van der Waals surface area contributed by atoms with Crippen LogP contribution < -0.4 is 5.32 Å². The highest BCUT2D eigenvalue weighted by molar-refractivity contribution is 5.93. The number of hydrogen-bond donors (Lipinski definition) is 2. The molecule has 19 heavy (non-hydrogen) atoms. The van der Waals surface area contributed by atoms with Crippen molar-refractivity contribution in [2.24, 2.45) is 5.92 Å². The van der Waals surface area contributed by atoms with E-state index in [0.29, 0.717) is 0 Å². The molecule has 0 saturated heterocycles. The molecule has 1 fully saturated rings. The summed E-state index contributed by atoms with van der Waals surface area (Å²) in [7, 11) is 0. The topological polar surface area (TPSA) is 57.8 Å². The van der Waals surface area contributed by atoms with E-state index in [1.165, 1.54) is 12.8 Å². The average Bonchev–Trinajstić information content (AvgIpc) is 3.13. The van der Waals surface area contributed by atoms with Gasteiger partial charge in [-0.3, -0.25) is 4.79 Å². The monoisotopic (exact) mass is 255 g/mol. The molecule has 0 radical (unpaired) electrons. The summed E-state index contributed by atoms with van der Waals surface area (Å²) in [6, 6.07) is 7.84. The highest BCUT2D eigenvalue weighted by Gasteiger charge is 2.22. The van der Waals surface area contributed by atoms with Crippen LogP contribution in [-0.2, 0) is 4.79 Å². The second-order valence-electron chi connectivity index (χ2n) is 5.02. The van der Waals surface area contributed by atoms with Gasteiger partial charge in [-0.2, -0.15) is 0 Å². The summed E-state index contributed by atoms with van der Waals surface area (Å²) in [6.45, 7) is 0. The van der Waals surface area contributed by atoms with Gasteiger partial charge in [0.1, 0.15) is 0 Å². The Bertz CT molecular complexity index is 557. The molecule has 1 aromatic carbocycles. The molecule has 2 N–H and O–H groups in total. The Morgan fingerprint density at radius 1 is 1.32 bits per heavy atom. The standard InChI is InChI=1S/C15H17N3O/c19-15(11-4-1-2-5-11)18-13-7-3-6-12(8-13)14-9-16-10-17-14/h3,6-11H,1-2,4-5H2,(H,16,17)(H,18,19). The molecule has 0 aliphatic heterocycles. The normalized spacial score (nSPS) is 15.6. The van der Waals surface area contributed by atoms with E-state index in [9.17, 15) is 4.79 Å². The molecule has 4 heteroatoms. The zero-order chi connectivity index (χ0) is 13.1. The van der Waals surface area contributed by atoms with Crippen LogP contribution in [0.5, 0.6) is 0 Å². The second-order valence-corrected chi connectivity index (χ2v) is 5.02. The van der Waals surface area contributed by atoms with Gasteiger partial charge in [-0.1, -0.05) is 25.0 Å². The molecule has 0 unspecified atom stereocenters. The predicted octanol–water partition coefficient (Wildman–Crippen LogP) is 3.21. The molecule has 1 saturated carbocycles. The zero-order valence-electron chi connectivity index (χ0n) is 10.7. The lowest BCUT2D eigenvalue weighted by atomic mass is 10.1. The van der Waals surface area contributed by atoms with Crippen molar-refractivity contribution in [3.05, 3.63) is 36.8 Å². The number of rotatable bonds is 3. The van der Waals surface area contributed by atoms with Crippen LogP contribution in [0.25, 0.3) is 11.3 Å². The Labute approximate surface area is 112 Å². The number of carbonyl (C=O) groups excluding carboxylic acids is 1. The van der Waals surface area contributed by atoms with Gasteiger partial charge in [0.05, 0.1) is 18.2 Å². The fourth-order valence-corrected chi connectivity index (χ4v) is 2.61. The first-order chi connectivity index (χ1) is 9.33. The summed E-state index contributed by atoms with van der Waals surface area (Å²) in [5.74, 6) is 0.343. The maximum Gasteiger partial charge on any atom is 0.227 e. The van der Waals surface area contributed by atoms with Crippen molar-refractivity contribution < 1.29 is 4.79 Å². The van der Waals surface area contributed by atoms with Crippen LogP contribution in [0.4, 0.5) is 5.69 Å². The number of nitrogens with one attached hydrogen (secondary N) is 2. The van der Waals surface area contributed by atoms with Gasteiger partial charge in [-0.15, -0.1) is 0 Å². The van der Waals surface area contributed by atoms with Crippen molar-refractivity contribution in [2.75, 3.05) is 5.32 Å². The molecule has 1 aliphatic rings. The zero-order valence-corrected chi connectivity index (χ0v) is 10.7. The summed E-state index contributed by atoms with van der Waals surface area (Å²) in [5.41, 5.74) is 2.84. The van der Waals surface area contributed by atoms with Crippen LogP contribution in [0.15, 0.2) is 36.8 Å². The van der Waals surface area contributed by atoms with Crippen molar-refractivity contribution in [1.29, 1.82) is 0 Å². The molecular weight excluding hydrogens is 238 g/mol. The molecule has 1 aliphatic carbocycles. The van der Waals surface area contributed by atoms with Gasteiger partial charge < -0.3 is 10.3 Å². The Balaban J connectivity index is 1.74. The van der Waals surface area contributed by atoms with Gasteiger partial charge in [0, 0.05) is 17.2 Å². The van der Waals surface area contributed by atoms with Crippen molar-refractivity contribution >= 4 is 11.6 Å². The van der Waals surface area contributed by atoms with E-state index in [4.69, 9.17) is 0 Å². The quantitative estimate of drug-likeness (QED) is 0.884. The van der Waals surface area contributed by atoms with E-state index in [0.717, 1.165) is 29.8 Å². The molecule has 4 nitrogen and oxygen atoms in total. The lowest BCUT2D eigenvalue weighted by Crippen LogP contribution is -2.20. The van der Waals surface area contributed by atoms with Crippen molar-refractivity contribution in [1.82, 2.24) is 9.97 Å². The summed E-state index contributed by atoms with van der Waals surface area (Å²) in [5, 5.41) is 3.01. The molecule has 98 valence electrons. The summed E-state index contributed by atoms with van der Waals surface area (Å²) in [6.07, 6.45) is 7.81. The van der Waals surface area contributed by atoms with Gasteiger partial charge >= 0.3 is 0 Å². The number of nitrogens with zero attached hydrogens (tertiary/aromatic N) is 1. The molecule has 1 amide bonds. The first-order valence-corrected chi connectivity index (χ1v) is 6.72. The molecule has 1 heterocycles. The third-order valence-electron chi connectivity index (χ3n) is 3.67. The number of anilines is 1. The second kappa shape index (κ2) is 5.26. The maximum atomic E-state index is 12.1. The van der Waals surface area contributed by atoms with E-state index in [-0.39, 0.29) is 11.8 Å². The Morgan fingerprint density at radius 3 is 2.89 bits per heavy atom. The lowest BCUT2D eigenvalue weighted by molar-refractivity contribution is -0.119. The van der Waals surface area contributed by atoms with Gasteiger partial charge in [0.15, 0.2) is 0 Å². The highest BCUT2D eigenvalue weighted by atomic mass is 16.1. The number of hydrogen-bond acceptors (Lipinski definition) is 2. The largest absolute Gasteiger partial charge is 0.345 e. The number of carbonyl (C=O) groups is 1. The Morgan fingerprint density at radius 2 is 2.16 bits per heavy atom. The number of imidazole rings is 1. The number of benzene rings is 1. The molecule has 1 aromatic heterocycles. The van der Waals surface area contributed by atoms with Gasteiger partial charge in [0.25, 0.3) is 0 Å². The third-order valence-corrected chi connectivity index (χ3v) is 3.67. The van der Waals surface area contributed by atoms with E-state index in [1.54, 1.807) is 12.5 Å². The summed E-state index contributed by atoms with van der Waals surface area (Å²) >= 11 is 0. The van der Waals surface area contributed by atoms with E-state index in [1.807, 2.05) is 24.3 Å². The first-order valence-electron chi connectivity index (χ1n) is 6.72. The average molecular weight is 255 g/mol. The van der Waals surface area contributed by atoms with Crippen LogP contribution >= 0.6 is 0 Å². The predicted molar refractivity (Wildman–Crippen MR) is 74.6 cm³/mol. The Kier molecular flexibility index (Phi) is 3.31. The smallest absolute Gasteiger partial charge is 0.227 e. The number of H-pyrrole nitrogens is 1. The van der Waals surface area contributed by atoms with Gasteiger partial charge in [-0.25, -0.2) is 4.98 Å². The number of amides is 1. The lowest BCUT2D eigenvalue weighted by Gasteiger charge is -2.11. The van der Waals surface area contributed by atoms with Crippen LogP contribution in [-0.4, -0.2) is 15.9 Å². The van der Waals surface area contributed by atoms with Crippen LogP contribution in [0, 0.1) is 5.92 Å². The molecule has 2 aromatic rings. The fraction of sp³-hybridized carbons (Fsp3) is 0.333. The SMILES string of the molecule is O=C(Nc1cccc(-c2cnc[nH]2)c1)C1CCCC1. The Hall–Kier alpha value is -2.10. The minimum absolute atomic E-state index is 0.152. The highest BCUT2D eigenvalue weighted by Crippen LogP contribution is 2.27. The van der Waals surface area contributed by atoms with Crippen molar-refractivity contribution in [3.63, 3.8) is 0 Å². The number of aromatic nitrogens is 2. The van der Waals surface area contributed by atoms with Crippen molar-refractivity contribution in [3.8, 4) is 11.3 Å². The van der Waals surface area contributed by atoms with E-state index < -0.39 is 0 Å². The fourth-order valence-electron chi connectivity index (χ4n) is 2.61.